The highest BCUT2D eigenvalue weighted by molar-refractivity contribution is 7.80. The van der Waals surface area contributed by atoms with Gasteiger partial charge < -0.3 is 5.32 Å². The van der Waals surface area contributed by atoms with Crippen molar-refractivity contribution in [3.8, 4) is 0 Å². The quantitative estimate of drug-likeness (QED) is 0.838. The van der Waals surface area contributed by atoms with Crippen LogP contribution in [-0.4, -0.2) is 15.7 Å². The van der Waals surface area contributed by atoms with Gasteiger partial charge in [-0.05, 0) is 25.1 Å². The van der Waals surface area contributed by atoms with Gasteiger partial charge in [-0.2, -0.15) is 5.10 Å². The maximum Gasteiger partial charge on any atom is 0.255 e. The summed E-state index contributed by atoms with van der Waals surface area (Å²) in [6, 6.07) is 4.01. The van der Waals surface area contributed by atoms with Gasteiger partial charge in [-0.15, -0.1) is 12.6 Å². The molecule has 0 spiro atoms. The molecule has 2 rings (SSSR count). The number of thiol groups is 1. The minimum absolute atomic E-state index is 0.145. The van der Waals surface area contributed by atoms with Gasteiger partial charge in [0.05, 0.1) is 11.9 Å². The fourth-order valence-electron chi connectivity index (χ4n) is 1.46. The molecule has 1 heterocycles. The summed E-state index contributed by atoms with van der Waals surface area (Å²) in [6.07, 6.45) is 3.29. The Labute approximate surface area is 109 Å². The molecular formula is C12H12FN3OS. The van der Waals surface area contributed by atoms with Gasteiger partial charge in [0, 0.05) is 23.2 Å². The average Bonchev–Trinajstić information content (AvgIpc) is 2.80. The predicted molar refractivity (Wildman–Crippen MR) is 69.5 cm³/mol. The van der Waals surface area contributed by atoms with E-state index in [1.165, 1.54) is 18.2 Å². The lowest BCUT2D eigenvalue weighted by Gasteiger charge is -2.03. The number of amides is 1. The molecule has 0 aliphatic carbocycles. The van der Waals surface area contributed by atoms with E-state index in [2.05, 4.69) is 23.0 Å². The van der Waals surface area contributed by atoms with E-state index in [1.807, 2.05) is 6.92 Å². The minimum atomic E-state index is -0.450. The van der Waals surface area contributed by atoms with Crippen LogP contribution in [0.25, 0.3) is 0 Å². The van der Waals surface area contributed by atoms with Crippen molar-refractivity contribution in [1.82, 2.24) is 9.78 Å². The number of hydrogen-bond acceptors (Lipinski definition) is 3. The number of rotatable bonds is 3. The molecule has 0 saturated heterocycles. The number of carbonyl (C=O) groups is 1. The van der Waals surface area contributed by atoms with Gasteiger partial charge in [0.25, 0.3) is 5.91 Å². The lowest BCUT2D eigenvalue weighted by molar-refractivity contribution is 0.102. The summed E-state index contributed by atoms with van der Waals surface area (Å²) in [5.41, 5.74) is 0.956. The van der Waals surface area contributed by atoms with Crippen LogP contribution in [0.4, 0.5) is 10.1 Å². The van der Waals surface area contributed by atoms with Gasteiger partial charge in [0.1, 0.15) is 5.82 Å². The summed E-state index contributed by atoms with van der Waals surface area (Å²) in [4.78, 5) is 12.0. The Morgan fingerprint density at radius 1 is 1.56 bits per heavy atom. The predicted octanol–water partition coefficient (Wildman–Crippen LogP) is 2.58. The van der Waals surface area contributed by atoms with E-state index in [-0.39, 0.29) is 10.8 Å². The monoisotopic (exact) mass is 265 g/mol. The molecule has 0 unspecified atom stereocenters. The van der Waals surface area contributed by atoms with Crippen molar-refractivity contribution in [2.75, 3.05) is 5.32 Å². The highest BCUT2D eigenvalue weighted by atomic mass is 32.1. The maximum absolute atomic E-state index is 13.0. The maximum atomic E-state index is 13.0. The number of nitrogens with one attached hydrogen (secondary N) is 1. The van der Waals surface area contributed by atoms with Crippen molar-refractivity contribution >= 4 is 24.2 Å². The van der Waals surface area contributed by atoms with Crippen LogP contribution in [0.15, 0.2) is 35.5 Å². The van der Waals surface area contributed by atoms with Crippen LogP contribution in [-0.2, 0) is 6.54 Å². The minimum Gasteiger partial charge on any atom is -0.319 e. The molecule has 0 radical (unpaired) electrons. The largest absolute Gasteiger partial charge is 0.319 e. The van der Waals surface area contributed by atoms with Gasteiger partial charge in [0.15, 0.2) is 0 Å². The first-order valence-corrected chi connectivity index (χ1v) is 5.87. The molecule has 0 saturated carbocycles. The van der Waals surface area contributed by atoms with Gasteiger partial charge in [-0.3, -0.25) is 9.48 Å². The number of benzene rings is 1. The van der Waals surface area contributed by atoms with E-state index in [1.54, 1.807) is 17.1 Å². The molecule has 6 heteroatoms. The standard InChI is InChI=1S/C12H12FN3OS/c1-2-16-7-9(6-14-16)15-12(17)8-3-4-10(13)11(18)5-8/h3-7,18H,2H2,1H3,(H,15,17). The molecule has 0 aliphatic heterocycles. The van der Waals surface area contributed by atoms with Crippen molar-refractivity contribution in [3.63, 3.8) is 0 Å². The summed E-state index contributed by atoms with van der Waals surface area (Å²) in [6.45, 7) is 2.68. The van der Waals surface area contributed by atoms with Gasteiger partial charge in [0.2, 0.25) is 0 Å². The number of aryl methyl sites for hydroxylation is 1. The van der Waals surface area contributed by atoms with Crippen LogP contribution < -0.4 is 5.32 Å². The molecule has 1 N–H and O–H groups in total. The summed E-state index contributed by atoms with van der Waals surface area (Å²) >= 11 is 3.94. The Hall–Kier alpha value is -1.82. The molecule has 0 fully saturated rings. The molecule has 4 nitrogen and oxygen atoms in total. The zero-order valence-corrected chi connectivity index (χ0v) is 10.6. The zero-order chi connectivity index (χ0) is 13.1. The first kappa shape index (κ1) is 12.6. The Bertz CT molecular complexity index is 582. The normalized spacial score (nSPS) is 10.4. The SMILES string of the molecule is CCn1cc(NC(=O)c2ccc(F)c(S)c2)cn1. The van der Waals surface area contributed by atoms with Crippen LogP contribution in [0, 0.1) is 5.82 Å². The van der Waals surface area contributed by atoms with Crippen molar-refractivity contribution in [2.45, 2.75) is 18.4 Å². The van der Waals surface area contributed by atoms with Crippen molar-refractivity contribution in [1.29, 1.82) is 0 Å². The van der Waals surface area contributed by atoms with Gasteiger partial charge in [-0.1, -0.05) is 0 Å². The van der Waals surface area contributed by atoms with Crippen LogP contribution in [0.1, 0.15) is 17.3 Å². The number of carbonyl (C=O) groups excluding carboxylic acids is 1. The number of halogens is 1. The van der Waals surface area contributed by atoms with E-state index in [0.29, 0.717) is 11.3 Å². The van der Waals surface area contributed by atoms with Gasteiger partial charge in [-0.25, -0.2) is 4.39 Å². The Balaban J connectivity index is 2.14. The molecule has 0 bridgehead atoms. The summed E-state index contributed by atoms with van der Waals surface area (Å²) in [5.74, 6) is -0.769. The number of hydrogen-bond donors (Lipinski definition) is 2. The molecule has 2 aromatic rings. The fraction of sp³-hybridized carbons (Fsp3) is 0.167. The topological polar surface area (TPSA) is 46.9 Å². The molecule has 0 atom stereocenters. The summed E-state index contributed by atoms with van der Waals surface area (Å²) in [5, 5.41) is 6.72. The van der Waals surface area contributed by atoms with E-state index < -0.39 is 5.82 Å². The highest BCUT2D eigenvalue weighted by Gasteiger charge is 2.09. The highest BCUT2D eigenvalue weighted by Crippen LogP contribution is 2.15. The van der Waals surface area contributed by atoms with Crippen molar-refractivity contribution in [3.05, 3.63) is 42.0 Å². The molecule has 94 valence electrons. The van der Waals surface area contributed by atoms with E-state index in [4.69, 9.17) is 0 Å². The number of nitrogens with zero attached hydrogens (tertiary/aromatic N) is 2. The fourth-order valence-corrected chi connectivity index (χ4v) is 1.67. The third-order valence-electron chi connectivity index (χ3n) is 2.42. The molecule has 1 amide bonds. The van der Waals surface area contributed by atoms with Crippen LogP contribution in [0.5, 0.6) is 0 Å². The molecule has 0 aliphatic rings. The van der Waals surface area contributed by atoms with Crippen LogP contribution >= 0.6 is 12.6 Å². The number of anilines is 1. The first-order chi connectivity index (χ1) is 8.60. The van der Waals surface area contributed by atoms with Crippen LogP contribution in [0.2, 0.25) is 0 Å². The molecule has 18 heavy (non-hydrogen) atoms. The third kappa shape index (κ3) is 2.70. The Morgan fingerprint density at radius 3 is 2.94 bits per heavy atom. The third-order valence-corrected chi connectivity index (χ3v) is 2.77. The average molecular weight is 265 g/mol. The van der Waals surface area contributed by atoms with Crippen LogP contribution in [0.3, 0.4) is 0 Å². The van der Waals surface area contributed by atoms with Crippen molar-refractivity contribution < 1.29 is 9.18 Å². The number of aromatic nitrogens is 2. The van der Waals surface area contributed by atoms with E-state index in [0.717, 1.165) is 6.54 Å². The van der Waals surface area contributed by atoms with E-state index in [9.17, 15) is 9.18 Å². The van der Waals surface area contributed by atoms with Crippen molar-refractivity contribution in [2.24, 2.45) is 0 Å². The van der Waals surface area contributed by atoms with E-state index >= 15 is 0 Å². The second-order valence-electron chi connectivity index (χ2n) is 3.71. The zero-order valence-electron chi connectivity index (χ0n) is 9.72. The Morgan fingerprint density at radius 2 is 2.33 bits per heavy atom. The molecular weight excluding hydrogens is 253 g/mol. The Kier molecular flexibility index (Phi) is 3.66. The second kappa shape index (κ2) is 5.22. The molecule has 1 aromatic heterocycles. The molecule has 1 aromatic carbocycles. The lowest BCUT2D eigenvalue weighted by atomic mass is 10.2. The summed E-state index contributed by atoms with van der Waals surface area (Å²) in [7, 11) is 0. The smallest absolute Gasteiger partial charge is 0.255 e. The summed E-state index contributed by atoms with van der Waals surface area (Å²) < 4.78 is 14.7. The second-order valence-corrected chi connectivity index (χ2v) is 4.19. The first-order valence-electron chi connectivity index (χ1n) is 5.42. The van der Waals surface area contributed by atoms with Gasteiger partial charge >= 0.3 is 0 Å². The lowest BCUT2D eigenvalue weighted by Crippen LogP contribution is -2.11.